The Balaban J connectivity index is 2.06. The van der Waals surface area contributed by atoms with Crippen molar-refractivity contribution < 1.29 is 14.5 Å². The van der Waals surface area contributed by atoms with Crippen LogP contribution in [0.15, 0.2) is 6.20 Å². The maximum Gasteiger partial charge on any atom is 0.329 e. The second-order valence-corrected chi connectivity index (χ2v) is 6.24. The molecule has 4 N–H and O–H groups in total. The van der Waals surface area contributed by atoms with Crippen LogP contribution in [0.25, 0.3) is 0 Å². The third kappa shape index (κ3) is 5.24. The van der Waals surface area contributed by atoms with Crippen molar-refractivity contribution in [2.24, 2.45) is 11.7 Å². The summed E-state index contributed by atoms with van der Waals surface area (Å²) in [7, 11) is 1.28. The molecule has 1 saturated carbocycles. The van der Waals surface area contributed by atoms with Crippen LogP contribution in [0.3, 0.4) is 0 Å². The Hall–Kier alpha value is -2.49. The number of nitrogens with zero attached hydrogens (tertiary/aromatic N) is 3. The summed E-state index contributed by atoms with van der Waals surface area (Å²) in [5, 5.41) is 17.0. The molecule has 1 fully saturated rings. The molecule has 1 atom stereocenters. The minimum absolute atomic E-state index is 0.122. The number of ether oxygens (including phenoxy) is 1. The zero-order chi connectivity index (χ0) is 18.4. The Morgan fingerprint density at radius 1 is 1.48 bits per heavy atom. The average Bonchev–Trinajstić information content (AvgIpc) is 2.60. The minimum atomic E-state index is -0.667. The summed E-state index contributed by atoms with van der Waals surface area (Å²) in [6.07, 6.45) is 5.01. The lowest BCUT2D eigenvalue weighted by Crippen LogP contribution is -2.30. The molecular formula is C15H24N6O4. The second-order valence-electron chi connectivity index (χ2n) is 6.24. The molecule has 1 aromatic rings. The van der Waals surface area contributed by atoms with E-state index in [0.29, 0.717) is 12.5 Å². The van der Waals surface area contributed by atoms with Gasteiger partial charge in [0.25, 0.3) is 0 Å². The van der Waals surface area contributed by atoms with E-state index in [4.69, 9.17) is 5.73 Å². The zero-order valence-corrected chi connectivity index (χ0v) is 14.4. The normalized spacial score (nSPS) is 21.2. The largest absolute Gasteiger partial charge is 0.467 e. The third-order valence-corrected chi connectivity index (χ3v) is 4.32. The van der Waals surface area contributed by atoms with Crippen LogP contribution in [0.1, 0.15) is 32.6 Å². The van der Waals surface area contributed by atoms with E-state index < -0.39 is 16.9 Å². The fourth-order valence-corrected chi connectivity index (χ4v) is 2.77. The summed E-state index contributed by atoms with van der Waals surface area (Å²) in [5.74, 6) is 0.181. The van der Waals surface area contributed by atoms with Gasteiger partial charge in [-0.25, -0.2) is 9.78 Å². The first-order valence-electron chi connectivity index (χ1n) is 8.26. The van der Waals surface area contributed by atoms with E-state index in [2.05, 4.69) is 25.3 Å². The van der Waals surface area contributed by atoms with Crippen molar-refractivity contribution >= 4 is 23.4 Å². The summed E-state index contributed by atoms with van der Waals surface area (Å²) < 4.78 is 4.62. The fraction of sp³-hybridized carbons (Fsp3) is 0.667. The van der Waals surface area contributed by atoms with E-state index >= 15 is 0 Å². The lowest BCUT2D eigenvalue weighted by molar-refractivity contribution is -0.384. The van der Waals surface area contributed by atoms with Gasteiger partial charge in [-0.05, 0) is 38.5 Å². The molecule has 0 spiro atoms. The molecule has 2 rings (SSSR count). The van der Waals surface area contributed by atoms with Gasteiger partial charge in [-0.1, -0.05) is 0 Å². The van der Waals surface area contributed by atoms with Gasteiger partial charge in [0.05, 0.1) is 12.0 Å². The van der Waals surface area contributed by atoms with Gasteiger partial charge in [0.1, 0.15) is 12.2 Å². The SMILES string of the molecule is COC(=O)[C@@H](C)Nc1ncc([N+](=O)[O-])c(NC[C@H]2CC[C@H](N)CC2)n1. The van der Waals surface area contributed by atoms with Gasteiger partial charge in [0, 0.05) is 12.6 Å². The fourth-order valence-electron chi connectivity index (χ4n) is 2.77. The van der Waals surface area contributed by atoms with Crippen molar-refractivity contribution in [2.75, 3.05) is 24.3 Å². The summed E-state index contributed by atoms with van der Waals surface area (Å²) in [6.45, 7) is 2.17. The number of methoxy groups -OCH3 is 1. The molecule has 0 saturated heterocycles. The Kier molecular flexibility index (Phi) is 6.45. The average molecular weight is 352 g/mol. The van der Waals surface area contributed by atoms with Gasteiger partial charge < -0.3 is 21.1 Å². The van der Waals surface area contributed by atoms with E-state index in [1.165, 1.54) is 7.11 Å². The highest BCUT2D eigenvalue weighted by Crippen LogP contribution is 2.26. The highest BCUT2D eigenvalue weighted by atomic mass is 16.6. The lowest BCUT2D eigenvalue weighted by atomic mass is 9.86. The molecule has 138 valence electrons. The molecule has 0 radical (unpaired) electrons. The van der Waals surface area contributed by atoms with Crippen LogP contribution < -0.4 is 16.4 Å². The number of esters is 1. The number of nitrogens with two attached hydrogens (primary N) is 1. The number of nitro groups is 1. The van der Waals surface area contributed by atoms with Crippen LogP contribution in [0.5, 0.6) is 0 Å². The number of carbonyl (C=O) groups excluding carboxylic acids is 1. The van der Waals surface area contributed by atoms with Crippen molar-refractivity contribution in [1.29, 1.82) is 0 Å². The van der Waals surface area contributed by atoms with Gasteiger partial charge in [-0.2, -0.15) is 4.98 Å². The summed E-state index contributed by atoms with van der Waals surface area (Å²) in [6, 6.07) is -0.417. The maximum absolute atomic E-state index is 11.5. The molecule has 25 heavy (non-hydrogen) atoms. The predicted molar refractivity (Wildman–Crippen MR) is 92.2 cm³/mol. The molecule has 0 bridgehead atoms. The standard InChI is InChI=1S/C15H24N6O4/c1-9(14(22)25-2)19-15-18-8-12(21(23)24)13(20-15)17-7-10-3-5-11(16)6-4-10/h8-11H,3-7,16H2,1-2H3,(H2,17,18,19,20)/t9-,10-,11-/m1/s1. The summed E-state index contributed by atoms with van der Waals surface area (Å²) >= 11 is 0. The monoisotopic (exact) mass is 352 g/mol. The Bertz CT molecular complexity index is 618. The number of carbonyl (C=O) groups is 1. The zero-order valence-electron chi connectivity index (χ0n) is 14.4. The number of anilines is 2. The topological polar surface area (TPSA) is 145 Å². The number of hydrogen-bond donors (Lipinski definition) is 3. The lowest BCUT2D eigenvalue weighted by Gasteiger charge is -2.26. The van der Waals surface area contributed by atoms with E-state index in [-0.39, 0.29) is 23.5 Å². The van der Waals surface area contributed by atoms with Crippen LogP contribution in [0.2, 0.25) is 0 Å². The first-order chi connectivity index (χ1) is 11.9. The molecular weight excluding hydrogens is 328 g/mol. The van der Waals surface area contributed by atoms with E-state index in [1.54, 1.807) is 6.92 Å². The van der Waals surface area contributed by atoms with Crippen molar-refractivity contribution in [2.45, 2.75) is 44.7 Å². The van der Waals surface area contributed by atoms with E-state index in [1.807, 2.05) is 0 Å². The van der Waals surface area contributed by atoms with Gasteiger partial charge in [0.2, 0.25) is 11.8 Å². The predicted octanol–water partition coefficient (Wildman–Crippen LogP) is 1.29. The summed E-state index contributed by atoms with van der Waals surface area (Å²) in [5.41, 5.74) is 5.69. The Morgan fingerprint density at radius 3 is 2.76 bits per heavy atom. The molecule has 1 aromatic heterocycles. The number of rotatable bonds is 7. The number of nitrogens with one attached hydrogen (secondary N) is 2. The molecule has 0 unspecified atom stereocenters. The summed E-state index contributed by atoms with van der Waals surface area (Å²) in [4.78, 5) is 30.1. The molecule has 1 aliphatic rings. The van der Waals surface area contributed by atoms with Gasteiger partial charge in [-0.15, -0.1) is 0 Å². The van der Waals surface area contributed by atoms with Crippen molar-refractivity contribution in [3.8, 4) is 0 Å². The molecule has 1 aliphatic carbocycles. The molecule has 0 aliphatic heterocycles. The van der Waals surface area contributed by atoms with Crippen molar-refractivity contribution in [3.63, 3.8) is 0 Å². The van der Waals surface area contributed by atoms with Gasteiger partial charge >= 0.3 is 11.7 Å². The molecule has 10 heteroatoms. The Morgan fingerprint density at radius 2 is 2.16 bits per heavy atom. The first kappa shape index (κ1) is 18.8. The van der Waals surface area contributed by atoms with Gasteiger partial charge in [-0.3, -0.25) is 10.1 Å². The molecule has 0 aromatic carbocycles. The van der Waals surface area contributed by atoms with Crippen LogP contribution in [0, 0.1) is 16.0 Å². The van der Waals surface area contributed by atoms with E-state index in [0.717, 1.165) is 31.9 Å². The highest BCUT2D eigenvalue weighted by molar-refractivity contribution is 5.78. The Labute approximate surface area is 145 Å². The van der Waals surface area contributed by atoms with Crippen LogP contribution in [0.4, 0.5) is 17.5 Å². The highest BCUT2D eigenvalue weighted by Gasteiger charge is 2.22. The number of aromatic nitrogens is 2. The molecule has 10 nitrogen and oxygen atoms in total. The first-order valence-corrected chi connectivity index (χ1v) is 8.26. The maximum atomic E-state index is 11.5. The number of hydrogen-bond acceptors (Lipinski definition) is 9. The second kappa shape index (κ2) is 8.56. The van der Waals surface area contributed by atoms with E-state index in [9.17, 15) is 14.9 Å². The van der Waals surface area contributed by atoms with Crippen LogP contribution >= 0.6 is 0 Å². The smallest absolute Gasteiger partial charge is 0.329 e. The van der Waals surface area contributed by atoms with Crippen LogP contribution in [-0.4, -0.2) is 46.6 Å². The molecule has 1 heterocycles. The van der Waals surface area contributed by atoms with Crippen molar-refractivity contribution in [3.05, 3.63) is 16.3 Å². The molecule has 0 amide bonds. The minimum Gasteiger partial charge on any atom is -0.467 e. The van der Waals surface area contributed by atoms with Crippen LogP contribution in [-0.2, 0) is 9.53 Å². The third-order valence-electron chi connectivity index (χ3n) is 4.32. The van der Waals surface area contributed by atoms with Gasteiger partial charge in [0.15, 0.2) is 0 Å². The van der Waals surface area contributed by atoms with Crippen molar-refractivity contribution in [1.82, 2.24) is 9.97 Å². The quantitative estimate of drug-likeness (QED) is 0.375.